The van der Waals surface area contributed by atoms with Crippen molar-refractivity contribution in [2.45, 2.75) is 18.6 Å². The molecule has 20 heavy (non-hydrogen) atoms. The summed E-state index contributed by atoms with van der Waals surface area (Å²) in [4.78, 5) is 0. The summed E-state index contributed by atoms with van der Waals surface area (Å²) in [5.74, 6) is 0. The molecule has 1 aliphatic rings. The Bertz CT molecular complexity index is 730. The molecule has 3 rings (SSSR count). The number of sulfonamides is 1. The van der Waals surface area contributed by atoms with Gasteiger partial charge in [-0.1, -0.05) is 36.4 Å². The van der Waals surface area contributed by atoms with Crippen LogP contribution < -0.4 is 15.6 Å². The van der Waals surface area contributed by atoms with Gasteiger partial charge in [-0.25, -0.2) is 19.3 Å². The van der Waals surface area contributed by atoms with Gasteiger partial charge in [-0.3, -0.25) is 0 Å². The normalized spacial score (nSPS) is 23.2. The topological polar surface area (TPSA) is 70.2 Å². The van der Waals surface area contributed by atoms with Crippen LogP contribution in [0.3, 0.4) is 0 Å². The zero-order chi connectivity index (χ0) is 14.2. The summed E-state index contributed by atoms with van der Waals surface area (Å²) in [5, 5.41) is 2.39. The third-order valence-corrected chi connectivity index (χ3v) is 4.15. The SMILES string of the molecule is CS(=O)(=O)NC1CC(c2ccc3ccccc3c2)NN1. The van der Waals surface area contributed by atoms with Crippen molar-refractivity contribution in [1.82, 2.24) is 15.6 Å². The zero-order valence-corrected chi connectivity index (χ0v) is 11.9. The lowest BCUT2D eigenvalue weighted by Crippen LogP contribution is -2.43. The number of fused-ring (bicyclic) bond motifs is 1. The average molecular weight is 291 g/mol. The Morgan fingerprint density at radius 1 is 1.10 bits per heavy atom. The van der Waals surface area contributed by atoms with E-state index < -0.39 is 10.0 Å². The maximum Gasteiger partial charge on any atom is 0.210 e. The van der Waals surface area contributed by atoms with Crippen molar-refractivity contribution in [3.63, 3.8) is 0 Å². The molecule has 2 unspecified atom stereocenters. The highest BCUT2D eigenvalue weighted by Gasteiger charge is 2.26. The summed E-state index contributed by atoms with van der Waals surface area (Å²) in [5.41, 5.74) is 7.25. The van der Waals surface area contributed by atoms with Crippen molar-refractivity contribution in [2.75, 3.05) is 6.26 Å². The molecule has 1 saturated heterocycles. The van der Waals surface area contributed by atoms with Crippen molar-refractivity contribution in [2.24, 2.45) is 0 Å². The summed E-state index contributed by atoms with van der Waals surface area (Å²) < 4.78 is 25.0. The average Bonchev–Trinajstić information content (AvgIpc) is 2.84. The summed E-state index contributed by atoms with van der Waals surface area (Å²) in [6.45, 7) is 0. The first-order valence-corrected chi connectivity index (χ1v) is 8.37. The number of hydrogen-bond acceptors (Lipinski definition) is 4. The fourth-order valence-corrected chi connectivity index (χ4v) is 3.21. The van der Waals surface area contributed by atoms with Crippen LogP contribution in [0.2, 0.25) is 0 Å². The molecule has 0 aromatic heterocycles. The predicted octanol–water partition coefficient (Wildman–Crippen LogP) is 1.25. The van der Waals surface area contributed by atoms with Crippen LogP contribution in [0.25, 0.3) is 10.8 Å². The third-order valence-electron chi connectivity index (χ3n) is 3.44. The van der Waals surface area contributed by atoms with Crippen LogP contribution in [-0.4, -0.2) is 20.8 Å². The molecule has 1 aliphatic heterocycles. The lowest BCUT2D eigenvalue weighted by molar-refractivity contribution is 0.508. The van der Waals surface area contributed by atoms with E-state index in [9.17, 15) is 8.42 Å². The molecule has 5 nitrogen and oxygen atoms in total. The minimum absolute atomic E-state index is 0.0962. The number of nitrogens with one attached hydrogen (secondary N) is 3. The van der Waals surface area contributed by atoms with Gasteiger partial charge in [-0.2, -0.15) is 4.72 Å². The highest BCUT2D eigenvalue weighted by atomic mass is 32.2. The molecule has 0 bridgehead atoms. The van der Waals surface area contributed by atoms with Gasteiger partial charge in [0, 0.05) is 6.04 Å². The van der Waals surface area contributed by atoms with Gasteiger partial charge in [-0.05, 0) is 28.8 Å². The van der Waals surface area contributed by atoms with Crippen LogP contribution in [0.5, 0.6) is 0 Å². The van der Waals surface area contributed by atoms with E-state index in [1.54, 1.807) is 0 Å². The highest BCUT2D eigenvalue weighted by molar-refractivity contribution is 7.88. The Hall–Kier alpha value is -1.47. The molecule has 0 aliphatic carbocycles. The molecule has 2 aromatic carbocycles. The van der Waals surface area contributed by atoms with E-state index in [4.69, 9.17) is 0 Å². The minimum atomic E-state index is -3.20. The van der Waals surface area contributed by atoms with Crippen LogP contribution in [0.15, 0.2) is 42.5 Å². The van der Waals surface area contributed by atoms with E-state index in [1.807, 2.05) is 12.1 Å². The van der Waals surface area contributed by atoms with Gasteiger partial charge in [0.05, 0.1) is 12.4 Å². The molecular weight excluding hydrogens is 274 g/mol. The molecule has 2 aromatic rings. The Labute approximate surface area is 118 Å². The standard InChI is InChI=1S/C14H17N3O2S/c1-20(18,19)17-14-9-13(15-16-14)12-7-6-10-4-2-3-5-11(10)8-12/h2-8,13-17H,9H2,1H3. The smallest absolute Gasteiger partial charge is 0.210 e. The van der Waals surface area contributed by atoms with Gasteiger partial charge in [-0.15, -0.1) is 0 Å². The second kappa shape index (κ2) is 5.14. The van der Waals surface area contributed by atoms with Gasteiger partial charge >= 0.3 is 0 Å². The fraction of sp³-hybridized carbons (Fsp3) is 0.286. The monoisotopic (exact) mass is 291 g/mol. The molecule has 1 fully saturated rings. The summed E-state index contributed by atoms with van der Waals surface area (Å²) in [6, 6.07) is 14.6. The van der Waals surface area contributed by atoms with Gasteiger partial charge < -0.3 is 0 Å². The van der Waals surface area contributed by atoms with Crippen LogP contribution in [-0.2, 0) is 10.0 Å². The molecule has 6 heteroatoms. The number of rotatable bonds is 3. The largest absolute Gasteiger partial charge is 0.249 e. The van der Waals surface area contributed by atoms with Crippen molar-refractivity contribution in [1.29, 1.82) is 0 Å². The first kappa shape index (κ1) is 13.5. The number of hydrazine groups is 1. The van der Waals surface area contributed by atoms with Gasteiger partial charge in [0.1, 0.15) is 0 Å². The second-order valence-corrected chi connectivity index (χ2v) is 6.91. The van der Waals surface area contributed by atoms with Gasteiger partial charge in [0.25, 0.3) is 0 Å². The summed E-state index contributed by atoms with van der Waals surface area (Å²) >= 11 is 0. The predicted molar refractivity (Wildman–Crippen MR) is 79.3 cm³/mol. The van der Waals surface area contributed by atoms with Crippen molar-refractivity contribution >= 4 is 20.8 Å². The van der Waals surface area contributed by atoms with Crippen LogP contribution in [0, 0.1) is 0 Å². The molecule has 2 atom stereocenters. The Kier molecular flexibility index (Phi) is 3.47. The molecule has 0 saturated carbocycles. The maximum absolute atomic E-state index is 11.2. The van der Waals surface area contributed by atoms with E-state index in [0.29, 0.717) is 6.42 Å². The van der Waals surface area contributed by atoms with E-state index in [2.05, 4.69) is 45.9 Å². The third kappa shape index (κ3) is 2.99. The molecule has 0 amide bonds. The Morgan fingerprint density at radius 2 is 1.85 bits per heavy atom. The second-order valence-electron chi connectivity index (χ2n) is 5.13. The van der Waals surface area contributed by atoms with Gasteiger partial charge in [0.15, 0.2) is 0 Å². The van der Waals surface area contributed by atoms with E-state index in [1.165, 1.54) is 10.8 Å². The lowest BCUT2D eigenvalue weighted by atomic mass is 10.0. The number of benzene rings is 2. The maximum atomic E-state index is 11.2. The molecular formula is C14H17N3O2S. The van der Waals surface area contributed by atoms with Gasteiger partial charge in [0.2, 0.25) is 10.0 Å². The Balaban J connectivity index is 1.79. The van der Waals surface area contributed by atoms with E-state index in [0.717, 1.165) is 11.8 Å². The first-order chi connectivity index (χ1) is 9.51. The number of hydrogen-bond donors (Lipinski definition) is 3. The van der Waals surface area contributed by atoms with E-state index >= 15 is 0 Å². The van der Waals surface area contributed by atoms with E-state index in [-0.39, 0.29) is 12.2 Å². The molecule has 0 spiro atoms. The lowest BCUT2D eigenvalue weighted by Gasteiger charge is -2.11. The summed E-state index contributed by atoms with van der Waals surface area (Å²) in [7, 11) is -3.20. The quantitative estimate of drug-likeness (QED) is 0.796. The first-order valence-electron chi connectivity index (χ1n) is 6.48. The Morgan fingerprint density at radius 3 is 2.60 bits per heavy atom. The van der Waals surface area contributed by atoms with Crippen LogP contribution in [0.1, 0.15) is 18.0 Å². The fourth-order valence-electron chi connectivity index (χ4n) is 2.53. The van der Waals surface area contributed by atoms with Crippen LogP contribution >= 0.6 is 0 Å². The molecule has 106 valence electrons. The zero-order valence-electron chi connectivity index (χ0n) is 11.1. The highest BCUT2D eigenvalue weighted by Crippen LogP contribution is 2.25. The van der Waals surface area contributed by atoms with Crippen LogP contribution in [0.4, 0.5) is 0 Å². The van der Waals surface area contributed by atoms with Crippen molar-refractivity contribution in [3.8, 4) is 0 Å². The van der Waals surface area contributed by atoms with Crippen molar-refractivity contribution in [3.05, 3.63) is 48.0 Å². The molecule has 0 radical (unpaired) electrons. The molecule has 1 heterocycles. The molecule has 3 N–H and O–H groups in total. The van der Waals surface area contributed by atoms with Crippen molar-refractivity contribution < 1.29 is 8.42 Å². The minimum Gasteiger partial charge on any atom is -0.249 e. The summed E-state index contributed by atoms with van der Waals surface area (Å²) in [6.07, 6.45) is 1.56.